The van der Waals surface area contributed by atoms with Crippen LogP contribution < -0.4 is 0 Å². The smallest absolute Gasteiger partial charge is 0.163 e. The lowest BCUT2D eigenvalue weighted by atomic mass is 9.97. The normalized spacial score (nSPS) is 17.4. The molecular formula is C19H23N5O. The molecule has 1 aliphatic rings. The topological polar surface area (TPSA) is 67.1 Å². The van der Waals surface area contributed by atoms with E-state index < -0.39 is 5.60 Å². The number of hydrogen-bond donors (Lipinski definition) is 1. The largest absolute Gasteiger partial charge is 0.384 e. The van der Waals surface area contributed by atoms with Gasteiger partial charge in [0.15, 0.2) is 5.65 Å². The first-order valence-electron chi connectivity index (χ1n) is 8.61. The Bertz CT molecular complexity index is 916. The summed E-state index contributed by atoms with van der Waals surface area (Å²) in [5, 5.41) is 21.0. The molecule has 0 aliphatic carbocycles. The number of aliphatic hydroxyl groups is 1. The van der Waals surface area contributed by atoms with E-state index in [9.17, 15) is 5.11 Å². The molecule has 0 fully saturated rings. The van der Waals surface area contributed by atoms with E-state index in [-0.39, 0.29) is 0 Å². The lowest BCUT2D eigenvalue weighted by Crippen LogP contribution is -2.31. The number of hydrogen-bond acceptors (Lipinski definition) is 5. The summed E-state index contributed by atoms with van der Waals surface area (Å²) in [5.41, 5.74) is 4.12. The van der Waals surface area contributed by atoms with Crippen LogP contribution in [-0.2, 0) is 25.1 Å². The fourth-order valence-electron chi connectivity index (χ4n) is 3.71. The molecule has 6 heteroatoms. The molecule has 1 aliphatic heterocycles. The highest BCUT2D eigenvalue weighted by atomic mass is 16.3. The molecule has 4 rings (SSSR count). The molecule has 0 amide bonds. The highest BCUT2D eigenvalue weighted by molar-refractivity contribution is 5.82. The molecular weight excluding hydrogens is 314 g/mol. The number of fused-ring (bicyclic) bond motifs is 3. The van der Waals surface area contributed by atoms with Crippen molar-refractivity contribution < 1.29 is 5.11 Å². The Kier molecular flexibility index (Phi) is 3.81. The van der Waals surface area contributed by atoms with E-state index in [1.54, 1.807) is 12.4 Å². The van der Waals surface area contributed by atoms with Gasteiger partial charge in [0.1, 0.15) is 5.60 Å². The summed E-state index contributed by atoms with van der Waals surface area (Å²) in [6.07, 6.45) is 4.39. The highest BCUT2D eigenvalue weighted by Gasteiger charge is 2.30. The van der Waals surface area contributed by atoms with E-state index in [1.165, 1.54) is 11.3 Å². The lowest BCUT2D eigenvalue weighted by Gasteiger charge is -2.28. The minimum atomic E-state index is -1.02. The number of aryl methyl sites for hydroxylation is 1. The van der Waals surface area contributed by atoms with Gasteiger partial charge in [-0.3, -0.25) is 4.98 Å². The maximum Gasteiger partial charge on any atom is 0.163 e. The Morgan fingerprint density at radius 3 is 2.92 bits per heavy atom. The first-order chi connectivity index (χ1) is 12.0. The molecule has 0 bridgehead atoms. The Balaban J connectivity index is 1.85. The third-order valence-corrected chi connectivity index (χ3v) is 5.06. The summed E-state index contributed by atoms with van der Waals surface area (Å²) in [4.78, 5) is 6.47. The van der Waals surface area contributed by atoms with Gasteiger partial charge in [0.05, 0.1) is 12.2 Å². The summed E-state index contributed by atoms with van der Waals surface area (Å²) < 4.78 is 2.15. The third kappa shape index (κ3) is 2.81. The second kappa shape index (κ2) is 5.89. The Morgan fingerprint density at radius 1 is 1.32 bits per heavy atom. The van der Waals surface area contributed by atoms with Crippen LogP contribution in [0.5, 0.6) is 0 Å². The maximum absolute atomic E-state index is 11.1. The molecule has 3 aromatic heterocycles. The summed E-state index contributed by atoms with van der Waals surface area (Å²) >= 11 is 0. The van der Waals surface area contributed by atoms with Crippen LogP contribution >= 0.6 is 0 Å². The van der Waals surface area contributed by atoms with Gasteiger partial charge in [-0.15, -0.1) is 5.10 Å². The van der Waals surface area contributed by atoms with Gasteiger partial charge in [-0.2, -0.15) is 5.10 Å². The van der Waals surface area contributed by atoms with Crippen molar-refractivity contribution in [2.45, 2.75) is 39.0 Å². The molecule has 1 N–H and O–H groups in total. The van der Waals surface area contributed by atoms with Crippen molar-refractivity contribution in [2.75, 3.05) is 13.6 Å². The Hall–Kier alpha value is -2.31. The van der Waals surface area contributed by atoms with Gasteiger partial charge in [-0.1, -0.05) is 6.07 Å². The fraction of sp³-hybridized carbons (Fsp3) is 0.421. The van der Waals surface area contributed by atoms with E-state index in [0.717, 1.165) is 41.8 Å². The number of likely N-dealkylation sites (N-methyl/N-ethyl adjacent to an activating group) is 1. The molecule has 0 spiro atoms. The average Bonchev–Trinajstić information content (AvgIpc) is 2.88. The van der Waals surface area contributed by atoms with Crippen LogP contribution in [0, 0.1) is 6.92 Å². The number of nitrogens with zero attached hydrogens (tertiary/aromatic N) is 5. The van der Waals surface area contributed by atoms with E-state index in [1.807, 2.05) is 26.0 Å². The molecule has 4 heterocycles. The van der Waals surface area contributed by atoms with Gasteiger partial charge >= 0.3 is 0 Å². The van der Waals surface area contributed by atoms with Gasteiger partial charge in [0.25, 0.3) is 0 Å². The molecule has 1 atom stereocenters. The van der Waals surface area contributed by atoms with Crippen molar-refractivity contribution in [3.63, 3.8) is 0 Å². The summed E-state index contributed by atoms with van der Waals surface area (Å²) in [6, 6.07) is 5.87. The summed E-state index contributed by atoms with van der Waals surface area (Å²) in [7, 11) is 2.14. The van der Waals surface area contributed by atoms with Crippen LogP contribution in [0.4, 0.5) is 0 Å². The molecule has 3 aromatic rings. The second-order valence-electron chi connectivity index (χ2n) is 7.24. The van der Waals surface area contributed by atoms with Crippen molar-refractivity contribution in [2.24, 2.45) is 0 Å². The van der Waals surface area contributed by atoms with Crippen molar-refractivity contribution in [1.82, 2.24) is 24.6 Å². The molecule has 0 saturated heterocycles. The monoisotopic (exact) mass is 337 g/mol. The third-order valence-electron chi connectivity index (χ3n) is 5.06. The minimum Gasteiger partial charge on any atom is -0.384 e. The first kappa shape index (κ1) is 16.2. The quantitative estimate of drug-likeness (QED) is 0.792. The molecule has 0 aromatic carbocycles. The molecule has 25 heavy (non-hydrogen) atoms. The van der Waals surface area contributed by atoms with Crippen LogP contribution in [0.2, 0.25) is 0 Å². The number of aromatic nitrogens is 4. The summed E-state index contributed by atoms with van der Waals surface area (Å²) in [6.45, 7) is 6.14. The van der Waals surface area contributed by atoms with E-state index in [0.29, 0.717) is 6.54 Å². The molecule has 6 nitrogen and oxygen atoms in total. The molecule has 0 radical (unpaired) electrons. The van der Waals surface area contributed by atoms with Crippen LogP contribution in [0.25, 0.3) is 11.0 Å². The van der Waals surface area contributed by atoms with Crippen LogP contribution in [0.3, 0.4) is 0 Å². The van der Waals surface area contributed by atoms with E-state index in [4.69, 9.17) is 0 Å². The Morgan fingerprint density at radius 2 is 2.16 bits per heavy atom. The molecule has 1 unspecified atom stereocenters. The fourth-order valence-corrected chi connectivity index (χ4v) is 3.71. The molecule has 130 valence electrons. The SMILES string of the molecule is Cc1cc2c3c(n(CC(C)(O)c4cccnc4)c2nn1)CCN(C)C3. The number of pyridine rings is 1. The zero-order chi connectivity index (χ0) is 17.6. The predicted octanol–water partition coefficient (Wildman–Crippen LogP) is 2.03. The van der Waals surface area contributed by atoms with E-state index >= 15 is 0 Å². The Labute approximate surface area is 147 Å². The van der Waals surface area contributed by atoms with Gasteiger partial charge in [0, 0.05) is 48.5 Å². The average molecular weight is 337 g/mol. The second-order valence-corrected chi connectivity index (χ2v) is 7.24. The van der Waals surface area contributed by atoms with Crippen LogP contribution in [0.1, 0.15) is 29.4 Å². The van der Waals surface area contributed by atoms with Crippen LogP contribution in [0.15, 0.2) is 30.6 Å². The maximum atomic E-state index is 11.1. The highest BCUT2D eigenvalue weighted by Crippen LogP contribution is 2.32. The van der Waals surface area contributed by atoms with Crippen molar-refractivity contribution >= 4 is 11.0 Å². The zero-order valence-electron chi connectivity index (χ0n) is 14.9. The van der Waals surface area contributed by atoms with Crippen LogP contribution in [-0.4, -0.2) is 43.3 Å². The van der Waals surface area contributed by atoms with Gasteiger partial charge in [0.2, 0.25) is 0 Å². The zero-order valence-corrected chi connectivity index (χ0v) is 14.9. The first-order valence-corrected chi connectivity index (χ1v) is 8.61. The standard InChI is InChI=1S/C19H23N5O/c1-13-9-15-16-11-23(3)8-6-17(16)24(18(15)22-21-13)12-19(2,25)14-5-4-7-20-10-14/h4-5,7,9-10,25H,6,8,11-12H2,1-3H3. The number of rotatable bonds is 3. The molecule has 0 saturated carbocycles. The van der Waals surface area contributed by atoms with Crippen molar-refractivity contribution in [1.29, 1.82) is 0 Å². The lowest BCUT2D eigenvalue weighted by molar-refractivity contribution is 0.0380. The van der Waals surface area contributed by atoms with Gasteiger partial charge < -0.3 is 14.6 Å². The van der Waals surface area contributed by atoms with Gasteiger partial charge in [-0.05, 0) is 38.6 Å². The predicted molar refractivity (Wildman–Crippen MR) is 96.1 cm³/mol. The van der Waals surface area contributed by atoms with Crippen molar-refractivity contribution in [3.8, 4) is 0 Å². The summed E-state index contributed by atoms with van der Waals surface area (Å²) in [5.74, 6) is 0. The van der Waals surface area contributed by atoms with Crippen molar-refractivity contribution in [3.05, 3.63) is 53.1 Å². The minimum absolute atomic E-state index is 0.436. The van der Waals surface area contributed by atoms with E-state index in [2.05, 4.69) is 37.8 Å². The van der Waals surface area contributed by atoms with Gasteiger partial charge in [-0.25, -0.2) is 0 Å².